The Morgan fingerprint density at radius 2 is 1.67 bits per heavy atom. The van der Waals surface area contributed by atoms with Gasteiger partial charge in [0.2, 0.25) is 0 Å². The molecule has 0 spiro atoms. The summed E-state index contributed by atoms with van der Waals surface area (Å²) < 4.78 is 16.4. The quantitative estimate of drug-likeness (QED) is 0.137. The molecule has 0 radical (unpaired) electrons. The van der Waals surface area contributed by atoms with Crippen LogP contribution in [0, 0.1) is 5.92 Å². The number of hydrogen-bond acceptors (Lipinski definition) is 7. The van der Waals surface area contributed by atoms with Crippen molar-refractivity contribution in [1.29, 1.82) is 0 Å². The van der Waals surface area contributed by atoms with Crippen molar-refractivity contribution in [3.63, 3.8) is 0 Å². The van der Waals surface area contributed by atoms with Crippen LogP contribution in [-0.4, -0.2) is 47.2 Å². The van der Waals surface area contributed by atoms with Crippen LogP contribution in [0.1, 0.15) is 112 Å². The zero-order valence-electron chi connectivity index (χ0n) is 21.5. The number of unbranched alkanes of at least 4 members (excludes halogenated alkanes) is 5. The van der Waals surface area contributed by atoms with E-state index in [-0.39, 0.29) is 24.0 Å². The van der Waals surface area contributed by atoms with Crippen molar-refractivity contribution in [2.75, 3.05) is 12.4 Å². The second kappa shape index (κ2) is 16.4. The molecule has 0 aliphatic heterocycles. The van der Waals surface area contributed by atoms with Gasteiger partial charge in [-0.1, -0.05) is 39.0 Å². The van der Waals surface area contributed by atoms with E-state index in [1.165, 1.54) is 13.8 Å². The van der Waals surface area contributed by atoms with Gasteiger partial charge in [-0.3, -0.25) is 14.4 Å². The van der Waals surface area contributed by atoms with Crippen LogP contribution in [0.15, 0.2) is 0 Å². The van der Waals surface area contributed by atoms with Gasteiger partial charge in [-0.15, -0.1) is 0 Å². The standard InChI is InChI=1S/C26H46O6S/c1-6-8-13-18-26(5,32-21(4)28)19-33-24-17-16-23(31-20(3)27)22(24)14-11-9-10-12-15-25(29)30-7-2/h22-24H,6-19H2,1-5H3. The summed E-state index contributed by atoms with van der Waals surface area (Å²) in [5.41, 5.74) is -0.456. The van der Waals surface area contributed by atoms with Crippen molar-refractivity contribution in [2.45, 2.75) is 129 Å². The maximum Gasteiger partial charge on any atom is 0.305 e. The van der Waals surface area contributed by atoms with Gasteiger partial charge in [-0.25, -0.2) is 0 Å². The molecule has 1 aliphatic carbocycles. The molecule has 0 N–H and O–H groups in total. The first-order valence-corrected chi connectivity index (χ1v) is 13.9. The van der Waals surface area contributed by atoms with Crippen LogP contribution in [0.2, 0.25) is 0 Å². The van der Waals surface area contributed by atoms with Gasteiger partial charge in [-0.2, -0.15) is 11.8 Å². The molecule has 192 valence electrons. The Labute approximate surface area is 205 Å². The summed E-state index contributed by atoms with van der Waals surface area (Å²) in [5, 5.41) is 0.398. The van der Waals surface area contributed by atoms with Gasteiger partial charge in [0.15, 0.2) is 0 Å². The lowest BCUT2D eigenvalue weighted by atomic mass is 9.97. The first-order chi connectivity index (χ1) is 15.7. The van der Waals surface area contributed by atoms with Crippen LogP contribution in [-0.2, 0) is 28.6 Å². The molecule has 6 nitrogen and oxygen atoms in total. The molecular formula is C26H46O6S. The number of ether oxygens (including phenoxy) is 3. The average Bonchev–Trinajstić information content (AvgIpc) is 3.09. The summed E-state index contributed by atoms with van der Waals surface area (Å²) in [5.74, 6) is 0.535. The Morgan fingerprint density at radius 3 is 2.30 bits per heavy atom. The molecule has 1 rings (SSSR count). The van der Waals surface area contributed by atoms with Crippen molar-refractivity contribution in [1.82, 2.24) is 0 Å². The number of esters is 3. The largest absolute Gasteiger partial charge is 0.466 e. The fourth-order valence-electron chi connectivity index (χ4n) is 4.70. The fourth-order valence-corrected chi connectivity index (χ4v) is 6.33. The van der Waals surface area contributed by atoms with Gasteiger partial charge in [0.1, 0.15) is 11.7 Å². The predicted molar refractivity (Wildman–Crippen MR) is 133 cm³/mol. The van der Waals surface area contributed by atoms with E-state index in [2.05, 4.69) is 6.92 Å². The fraction of sp³-hybridized carbons (Fsp3) is 0.885. The van der Waals surface area contributed by atoms with E-state index in [4.69, 9.17) is 14.2 Å². The molecular weight excluding hydrogens is 440 g/mol. The van der Waals surface area contributed by atoms with E-state index >= 15 is 0 Å². The third kappa shape index (κ3) is 12.7. The molecule has 7 heteroatoms. The highest BCUT2D eigenvalue weighted by Gasteiger charge is 2.39. The second-order valence-electron chi connectivity index (χ2n) is 9.50. The molecule has 0 aromatic rings. The molecule has 0 saturated heterocycles. The third-order valence-corrected chi connectivity index (χ3v) is 8.07. The van der Waals surface area contributed by atoms with Crippen LogP contribution < -0.4 is 0 Å². The minimum absolute atomic E-state index is 0.0281. The Balaban J connectivity index is 2.60. The number of carbonyl (C=O) groups is 3. The van der Waals surface area contributed by atoms with E-state index in [0.29, 0.717) is 24.2 Å². The molecule has 1 fully saturated rings. The molecule has 33 heavy (non-hydrogen) atoms. The predicted octanol–water partition coefficient (Wildman–Crippen LogP) is 6.24. The normalized spacial score (nSPS) is 21.9. The highest BCUT2D eigenvalue weighted by atomic mass is 32.2. The topological polar surface area (TPSA) is 78.9 Å². The minimum Gasteiger partial charge on any atom is -0.466 e. The molecule has 0 bridgehead atoms. The van der Waals surface area contributed by atoms with Crippen LogP contribution in [0.3, 0.4) is 0 Å². The average molecular weight is 487 g/mol. The third-order valence-electron chi connectivity index (χ3n) is 6.28. The van der Waals surface area contributed by atoms with Gasteiger partial charge < -0.3 is 14.2 Å². The van der Waals surface area contributed by atoms with E-state index in [1.54, 1.807) is 0 Å². The van der Waals surface area contributed by atoms with Gasteiger partial charge in [0.05, 0.1) is 6.61 Å². The highest BCUT2D eigenvalue weighted by molar-refractivity contribution is 8.00. The Kier molecular flexibility index (Phi) is 14.8. The number of carbonyl (C=O) groups excluding carboxylic acids is 3. The van der Waals surface area contributed by atoms with Crippen LogP contribution in [0.5, 0.6) is 0 Å². The molecule has 4 atom stereocenters. The Hall–Kier alpha value is -1.24. The van der Waals surface area contributed by atoms with E-state index in [1.807, 2.05) is 25.6 Å². The zero-order valence-corrected chi connectivity index (χ0v) is 22.3. The first-order valence-electron chi connectivity index (χ1n) is 12.8. The second-order valence-corrected chi connectivity index (χ2v) is 10.7. The van der Waals surface area contributed by atoms with Gasteiger partial charge in [0, 0.05) is 37.2 Å². The monoisotopic (exact) mass is 486 g/mol. The van der Waals surface area contributed by atoms with Gasteiger partial charge in [-0.05, 0) is 52.4 Å². The SMILES string of the molecule is CCCCCC(C)(CSC1CCC(OC(C)=O)C1CCCCCCC(=O)OCC)OC(C)=O. The molecule has 0 heterocycles. The molecule has 0 amide bonds. The Bertz CT molecular complexity index is 595. The number of hydrogen-bond donors (Lipinski definition) is 0. The molecule has 1 saturated carbocycles. The number of thioether (sulfide) groups is 1. The van der Waals surface area contributed by atoms with Gasteiger partial charge in [0.25, 0.3) is 0 Å². The van der Waals surface area contributed by atoms with Crippen molar-refractivity contribution in [2.24, 2.45) is 5.92 Å². The summed E-state index contributed by atoms with van der Waals surface area (Å²) >= 11 is 1.88. The van der Waals surface area contributed by atoms with Crippen molar-refractivity contribution >= 4 is 29.7 Å². The van der Waals surface area contributed by atoms with Crippen molar-refractivity contribution in [3.8, 4) is 0 Å². The van der Waals surface area contributed by atoms with Gasteiger partial charge >= 0.3 is 17.9 Å². The highest BCUT2D eigenvalue weighted by Crippen LogP contribution is 2.42. The maximum absolute atomic E-state index is 11.7. The number of rotatable bonds is 17. The first kappa shape index (κ1) is 29.8. The van der Waals surface area contributed by atoms with Crippen LogP contribution in [0.25, 0.3) is 0 Å². The minimum atomic E-state index is -0.456. The Morgan fingerprint density at radius 1 is 0.939 bits per heavy atom. The summed E-state index contributed by atoms with van der Waals surface area (Å²) in [7, 11) is 0. The van der Waals surface area contributed by atoms with E-state index in [9.17, 15) is 14.4 Å². The summed E-state index contributed by atoms with van der Waals surface area (Å²) in [4.78, 5) is 34.8. The zero-order chi connectivity index (χ0) is 24.7. The lowest BCUT2D eigenvalue weighted by Gasteiger charge is -2.32. The van der Waals surface area contributed by atoms with Crippen LogP contribution >= 0.6 is 11.8 Å². The maximum atomic E-state index is 11.7. The molecule has 4 unspecified atom stereocenters. The van der Waals surface area contributed by atoms with E-state index < -0.39 is 5.60 Å². The lowest BCUT2D eigenvalue weighted by Crippen LogP contribution is -2.35. The van der Waals surface area contributed by atoms with Crippen LogP contribution in [0.4, 0.5) is 0 Å². The van der Waals surface area contributed by atoms with Crippen molar-refractivity contribution < 1.29 is 28.6 Å². The molecule has 0 aromatic heterocycles. The summed E-state index contributed by atoms with van der Waals surface area (Å²) in [6, 6.07) is 0. The molecule has 1 aliphatic rings. The van der Waals surface area contributed by atoms with E-state index in [0.717, 1.165) is 76.4 Å². The summed E-state index contributed by atoms with van der Waals surface area (Å²) in [6.07, 6.45) is 11.5. The lowest BCUT2D eigenvalue weighted by molar-refractivity contribution is -0.154. The molecule has 0 aromatic carbocycles. The summed E-state index contributed by atoms with van der Waals surface area (Å²) in [6.45, 7) is 9.46. The van der Waals surface area contributed by atoms with Crippen molar-refractivity contribution in [3.05, 3.63) is 0 Å². The smallest absolute Gasteiger partial charge is 0.305 e.